The first-order valence-electron chi connectivity index (χ1n) is 2.70. The Labute approximate surface area is 63.4 Å². The Hall–Kier alpha value is -1.03. The van der Waals surface area contributed by atoms with Crippen molar-refractivity contribution in [2.75, 3.05) is 7.11 Å². The first-order chi connectivity index (χ1) is 4.74. The van der Waals surface area contributed by atoms with Crippen molar-refractivity contribution in [3.05, 3.63) is 23.0 Å². The van der Waals surface area contributed by atoms with E-state index in [1.807, 2.05) is 0 Å². The Morgan fingerprint density at radius 1 is 1.70 bits per heavy atom. The summed E-state index contributed by atoms with van der Waals surface area (Å²) in [5, 5.41) is 8.90. The van der Waals surface area contributed by atoms with E-state index < -0.39 is 0 Å². The second-order valence-electron chi connectivity index (χ2n) is 1.75. The van der Waals surface area contributed by atoms with Crippen LogP contribution in [0, 0.1) is 4.64 Å². The zero-order valence-corrected chi connectivity index (χ0v) is 6.26. The van der Waals surface area contributed by atoms with Gasteiger partial charge in [-0.2, -0.15) is 4.73 Å². The fraction of sp³-hybridized carbons (Fsp3) is 0.167. The van der Waals surface area contributed by atoms with Gasteiger partial charge in [0.1, 0.15) is 10.4 Å². The van der Waals surface area contributed by atoms with Crippen molar-refractivity contribution in [2.24, 2.45) is 0 Å². The summed E-state index contributed by atoms with van der Waals surface area (Å²) < 4.78 is 6.05. The average molecular weight is 157 g/mol. The summed E-state index contributed by atoms with van der Waals surface area (Å²) in [6.07, 6.45) is 1.43. The molecule has 0 aromatic carbocycles. The molecule has 0 aliphatic heterocycles. The monoisotopic (exact) mass is 157 g/mol. The maximum atomic E-state index is 8.90. The quantitative estimate of drug-likeness (QED) is 0.495. The molecule has 0 saturated carbocycles. The van der Waals surface area contributed by atoms with E-state index in [9.17, 15) is 0 Å². The molecule has 0 fully saturated rings. The highest BCUT2D eigenvalue weighted by Gasteiger charge is 1.90. The van der Waals surface area contributed by atoms with Gasteiger partial charge in [-0.25, -0.2) is 0 Å². The fourth-order valence-corrected chi connectivity index (χ4v) is 0.757. The van der Waals surface area contributed by atoms with Crippen LogP contribution in [0.25, 0.3) is 0 Å². The molecule has 3 nitrogen and oxygen atoms in total. The standard InChI is InChI=1S/C6H7NO2S/c1-9-5-2-3-7(8)6(10)4-5/h2-4,8H,1H3. The van der Waals surface area contributed by atoms with E-state index in [0.717, 1.165) is 4.73 Å². The van der Waals surface area contributed by atoms with E-state index in [1.165, 1.54) is 6.20 Å². The molecule has 0 radical (unpaired) electrons. The van der Waals surface area contributed by atoms with Crippen LogP contribution in [0.5, 0.6) is 5.75 Å². The van der Waals surface area contributed by atoms with E-state index in [-0.39, 0.29) is 0 Å². The summed E-state index contributed by atoms with van der Waals surface area (Å²) >= 11 is 4.74. The first-order valence-corrected chi connectivity index (χ1v) is 3.11. The van der Waals surface area contributed by atoms with Crippen molar-refractivity contribution in [3.8, 4) is 5.75 Å². The number of ether oxygens (including phenoxy) is 1. The number of rotatable bonds is 1. The number of methoxy groups -OCH3 is 1. The highest BCUT2D eigenvalue weighted by atomic mass is 32.1. The minimum atomic E-state index is 0.333. The molecule has 1 heterocycles. The molecule has 1 aromatic heterocycles. The Balaban J connectivity index is 3.17. The Kier molecular flexibility index (Phi) is 1.91. The fourth-order valence-electron chi connectivity index (χ4n) is 0.580. The zero-order chi connectivity index (χ0) is 7.56. The van der Waals surface area contributed by atoms with Gasteiger partial charge >= 0.3 is 0 Å². The van der Waals surface area contributed by atoms with E-state index in [4.69, 9.17) is 22.2 Å². The number of aromatic nitrogens is 1. The zero-order valence-electron chi connectivity index (χ0n) is 5.44. The largest absolute Gasteiger partial charge is 0.497 e. The lowest BCUT2D eigenvalue weighted by atomic mass is 10.5. The molecule has 0 spiro atoms. The van der Waals surface area contributed by atoms with Gasteiger partial charge in [0.25, 0.3) is 0 Å². The summed E-state index contributed by atoms with van der Waals surface area (Å²) in [7, 11) is 1.55. The Morgan fingerprint density at radius 2 is 2.40 bits per heavy atom. The van der Waals surface area contributed by atoms with E-state index in [2.05, 4.69) is 0 Å². The molecule has 4 heteroatoms. The van der Waals surface area contributed by atoms with Gasteiger partial charge in [-0.1, -0.05) is 12.2 Å². The highest BCUT2D eigenvalue weighted by molar-refractivity contribution is 7.71. The minimum Gasteiger partial charge on any atom is -0.497 e. The lowest BCUT2D eigenvalue weighted by molar-refractivity contribution is 0.179. The van der Waals surface area contributed by atoms with E-state index in [0.29, 0.717) is 10.4 Å². The second-order valence-corrected chi connectivity index (χ2v) is 2.17. The van der Waals surface area contributed by atoms with Crippen LogP contribution in [0.15, 0.2) is 18.3 Å². The third-order valence-electron chi connectivity index (χ3n) is 1.11. The van der Waals surface area contributed by atoms with Gasteiger partial charge in [0, 0.05) is 12.3 Å². The molecule has 1 N–H and O–H groups in total. The van der Waals surface area contributed by atoms with Gasteiger partial charge in [-0.3, -0.25) is 0 Å². The van der Waals surface area contributed by atoms with Crippen LogP contribution in [-0.4, -0.2) is 17.0 Å². The number of nitrogens with zero attached hydrogens (tertiary/aromatic N) is 1. The van der Waals surface area contributed by atoms with Crippen molar-refractivity contribution in [1.29, 1.82) is 0 Å². The smallest absolute Gasteiger partial charge is 0.146 e. The van der Waals surface area contributed by atoms with Gasteiger partial charge in [0.05, 0.1) is 7.11 Å². The van der Waals surface area contributed by atoms with Crippen molar-refractivity contribution in [2.45, 2.75) is 0 Å². The van der Waals surface area contributed by atoms with Crippen LogP contribution in [0.2, 0.25) is 0 Å². The third kappa shape index (κ3) is 1.27. The molecule has 0 atom stereocenters. The van der Waals surface area contributed by atoms with Crippen molar-refractivity contribution < 1.29 is 9.94 Å². The number of hydrogen-bond donors (Lipinski definition) is 1. The average Bonchev–Trinajstić information content (AvgIpc) is 1.95. The van der Waals surface area contributed by atoms with Crippen LogP contribution >= 0.6 is 12.2 Å². The van der Waals surface area contributed by atoms with Gasteiger partial charge in [0.15, 0.2) is 0 Å². The van der Waals surface area contributed by atoms with Gasteiger partial charge in [-0.05, 0) is 6.07 Å². The molecular formula is C6H7NO2S. The van der Waals surface area contributed by atoms with E-state index >= 15 is 0 Å². The maximum absolute atomic E-state index is 8.90. The molecule has 0 unspecified atom stereocenters. The van der Waals surface area contributed by atoms with Gasteiger partial charge in [0.2, 0.25) is 0 Å². The SMILES string of the molecule is COc1ccn(O)c(=S)c1. The highest BCUT2D eigenvalue weighted by Crippen LogP contribution is 2.07. The van der Waals surface area contributed by atoms with Crippen molar-refractivity contribution in [3.63, 3.8) is 0 Å². The van der Waals surface area contributed by atoms with Crippen LogP contribution in [0.3, 0.4) is 0 Å². The van der Waals surface area contributed by atoms with Gasteiger partial charge in [-0.15, -0.1) is 0 Å². The molecule has 0 amide bonds. The lowest BCUT2D eigenvalue weighted by Gasteiger charge is -1.99. The normalized spacial score (nSPS) is 9.30. The summed E-state index contributed by atoms with van der Waals surface area (Å²) in [4.78, 5) is 0. The number of hydrogen-bond acceptors (Lipinski definition) is 3. The molecule has 1 aromatic rings. The molecular weight excluding hydrogens is 150 g/mol. The van der Waals surface area contributed by atoms with Crippen LogP contribution in [-0.2, 0) is 0 Å². The van der Waals surface area contributed by atoms with Crippen LogP contribution in [0.1, 0.15) is 0 Å². The molecule has 54 valence electrons. The minimum absolute atomic E-state index is 0.333. The number of pyridine rings is 1. The Bertz CT molecular complexity index is 281. The molecule has 10 heavy (non-hydrogen) atoms. The van der Waals surface area contributed by atoms with Crippen LogP contribution in [0.4, 0.5) is 0 Å². The summed E-state index contributed by atoms with van der Waals surface area (Å²) in [5.41, 5.74) is 0. The lowest BCUT2D eigenvalue weighted by Crippen LogP contribution is -1.93. The predicted octanol–water partition coefficient (Wildman–Crippen LogP) is 1.46. The molecule has 0 saturated heterocycles. The van der Waals surface area contributed by atoms with E-state index in [1.54, 1.807) is 19.2 Å². The van der Waals surface area contributed by atoms with Gasteiger partial charge < -0.3 is 9.94 Å². The molecule has 0 aliphatic carbocycles. The van der Waals surface area contributed by atoms with Crippen molar-refractivity contribution >= 4 is 12.2 Å². The summed E-state index contributed by atoms with van der Waals surface area (Å²) in [6, 6.07) is 3.19. The molecule has 0 bridgehead atoms. The predicted molar refractivity (Wildman–Crippen MR) is 39.0 cm³/mol. The maximum Gasteiger partial charge on any atom is 0.146 e. The Morgan fingerprint density at radius 3 is 2.90 bits per heavy atom. The third-order valence-corrected chi connectivity index (χ3v) is 1.41. The molecule has 1 rings (SSSR count). The van der Waals surface area contributed by atoms with Crippen LogP contribution < -0.4 is 4.74 Å². The summed E-state index contributed by atoms with van der Waals surface area (Å²) in [5.74, 6) is 0.648. The first kappa shape index (κ1) is 7.08. The second kappa shape index (κ2) is 2.70. The molecule has 0 aliphatic rings. The van der Waals surface area contributed by atoms with Crippen molar-refractivity contribution in [1.82, 2.24) is 4.73 Å². The summed E-state index contributed by atoms with van der Waals surface area (Å²) in [6.45, 7) is 0. The topological polar surface area (TPSA) is 34.4 Å².